The van der Waals surface area contributed by atoms with Crippen molar-refractivity contribution in [2.45, 2.75) is 84.8 Å². The molecule has 2 aromatic rings. The number of rotatable bonds is 6. The van der Waals surface area contributed by atoms with E-state index in [2.05, 4.69) is 53.2 Å². The molecule has 8 heteroatoms. The third kappa shape index (κ3) is 7.64. The van der Waals surface area contributed by atoms with E-state index in [9.17, 15) is 4.79 Å². The number of hydrogen-bond donors (Lipinski definition) is 4. The van der Waals surface area contributed by atoms with Crippen molar-refractivity contribution in [2.24, 2.45) is 0 Å². The Bertz CT molecular complexity index is 1040. The number of benzene rings is 1. The number of likely N-dealkylation sites (N-methyl/N-ethyl adjacent to an activating group) is 1. The van der Waals surface area contributed by atoms with E-state index >= 15 is 0 Å². The van der Waals surface area contributed by atoms with Crippen molar-refractivity contribution in [3.8, 4) is 0 Å². The number of anilines is 2. The van der Waals surface area contributed by atoms with Crippen LogP contribution < -0.4 is 16.0 Å². The summed E-state index contributed by atoms with van der Waals surface area (Å²) in [6, 6.07) is 8.08. The third-order valence-corrected chi connectivity index (χ3v) is 6.98. The molecule has 2 fully saturated rings. The number of aryl methyl sites for hydroxylation is 1. The SMILES string of the molecule is C=C(C(C)=N)N1CCC[C@@]12C[C@H]2NC.CC.Cc1ccc(C(=O)Nc2nc(NC(C)(C)C)cs2)cc1. The summed E-state index contributed by atoms with van der Waals surface area (Å²) in [6.07, 6.45) is 3.71. The fourth-order valence-electron chi connectivity index (χ4n) is 4.39. The van der Waals surface area contributed by atoms with Crippen LogP contribution in [0, 0.1) is 12.3 Å². The van der Waals surface area contributed by atoms with Gasteiger partial charge in [-0.25, -0.2) is 4.98 Å². The number of carbonyl (C=O) groups excluding carboxylic acids is 1. The topological polar surface area (TPSA) is 93.1 Å². The van der Waals surface area contributed by atoms with Crippen molar-refractivity contribution >= 4 is 33.9 Å². The molecular weight excluding hydrogens is 468 g/mol. The highest BCUT2D eigenvalue weighted by Gasteiger charge is 2.59. The normalized spacial score (nSPS) is 20.0. The van der Waals surface area contributed by atoms with E-state index in [-0.39, 0.29) is 11.4 Å². The molecule has 2 atom stereocenters. The first-order chi connectivity index (χ1) is 16.9. The van der Waals surface area contributed by atoms with Crippen molar-refractivity contribution in [1.29, 1.82) is 5.41 Å². The lowest BCUT2D eigenvalue weighted by atomic mass is 10.1. The van der Waals surface area contributed by atoms with Gasteiger partial charge in [-0.2, -0.15) is 0 Å². The zero-order valence-electron chi connectivity index (χ0n) is 23.2. The summed E-state index contributed by atoms with van der Waals surface area (Å²) in [5.41, 5.74) is 3.55. The molecule has 4 rings (SSSR count). The molecule has 1 aliphatic heterocycles. The molecule has 1 aromatic carbocycles. The van der Waals surface area contributed by atoms with Gasteiger partial charge in [0.1, 0.15) is 5.82 Å². The molecule has 0 bridgehead atoms. The molecule has 2 heterocycles. The summed E-state index contributed by atoms with van der Waals surface area (Å²) >= 11 is 1.41. The Labute approximate surface area is 221 Å². The van der Waals surface area contributed by atoms with Gasteiger partial charge >= 0.3 is 0 Å². The van der Waals surface area contributed by atoms with E-state index in [1.807, 2.05) is 64.4 Å². The Morgan fingerprint density at radius 1 is 1.25 bits per heavy atom. The van der Waals surface area contributed by atoms with Crippen LogP contribution in [-0.4, -0.2) is 52.2 Å². The summed E-state index contributed by atoms with van der Waals surface area (Å²) in [6.45, 7) is 19.1. The molecule has 4 N–H and O–H groups in total. The highest BCUT2D eigenvalue weighted by atomic mass is 32.1. The van der Waals surface area contributed by atoms with E-state index in [0.717, 1.165) is 23.6 Å². The van der Waals surface area contributed by atoms with E-state index in [0.29, 0.717) is 28.0 Å². The number of aromatic nitrogens is 1. The second kappa shape index (κ2) is 12.5. The number of hydrogen-bond acceptors (Lipinski definition) is 7. The lowest BCUT2D eigenvalue weighted by molar-refractivity contribution is 0.102. The number of nitrogens with one attached hydrogen (secondary N) is 4. The van der Waals surface area contributed by atoms with Crippen LogP contribution in [0.4, 0.5) is 10.9 Å². The Balaban J connectivity index is 0.000000250. The molecular formula is C28H44N6OS. The summed E-state index contributed by atoms with van der Waals surface area (Å²) in [5, 5.41) is 19.6. The van der Waals surface area contributed by atoms with Crippen LogP contribution in [-0.2, 0) is 0 Å². The van der Waals surface area contributed by atoms with Gasteiger partial charge in [-0.15, -0.1) is 11.3 Å². The van der Waals surface area contributed by atoms with Crippen LogP contribution in [0.15, 0.2) is 41.9 Å². The van der Waals surface area contributed by atoms with E-state index in [1.54, 1.807) is 0 Å². The van der Waals surface area contributed by atoms with Crippen LogP contribution in [0.5, 0.6) is 0 Å². The molecule has 1 saturated carbocycles. The third-order valence-electron chi connectivity index (χ3n) is 6.22. The molecule has 1 aromatic heterocycles. The fourth-order valence-corrected chi connectivity index (χ4v) is 5.03. The van der Waals surface area contributed by atoms with Crippen LogP contribution in [0.1, 0.15) is 76.7 Å². The number of allylic oxidation sites excluding steroid dienone is 1. The first-order valence-electron chi connectivity index (χ1n) is 12.8. The van der Waals surface area contributed by atoms with Crippen molar-refractivity contribution in [3.05, 3.63) is 53.0 Å². The van der Waals surface area contributed by atoms with Gasteiger partial charge < -0.3 is 20.9 Å². The zero-order chi connectivity index (χ0) is 27.1. The smallest absolute Gasteiger partial charge is 0.257 e. The molecule has 0 unspecified atom stereocenters. The monoisotopic (exact) mass is 512 g/mol. The largest absolute Gasteiger partial charge is 0.365 e. The number of thiazole rings is 1. The van der Waals surface area contributed by atoms with Crippen molar-refractivity contribution in [3.63, 3.8) is 0 Å². The summed E-state index contributed by atoms with van der Waals surface area (Å²) in [5.74, 6) is 0.642. The molecule has 36 heavy (non-hydrogen) atoms. The van der Waals surface area contributed by atoms with Gasteiger partial charge in [0.2, 0.25) is 0 Å². The van der Waals surface area contributed by atoms with Gasteiger partial charge in [0.05, 0.1) is 16.9 Å². The van der Waals surface area contributed by atoms with E-state index in [4.69, 9.17) is 5.41 Å². The van der Waals surface area contributed by atoms with Gasteiger partial charge in [0.25, 0.3) is 5.91 Å². The second-order valence-electron chi connectivity index (χ2n) is 10.2. The average Bonchev–Trinajstić information content (AvgIpc) is 3.10. The van der Waals surface area contributed by atoms with Gasteiger partial charge in [-0.05, 0) is 73.1 Å². The van der Waals surface area contributed by atoms with Crippen molar-refractivity contribution < 1.29 is 4.79 Å². The fraction of sp³-hybridized carbons (Fsp3) is 0.536. The highest BCUT2D eigenvalue weighted by Crippen LogP contribution is 2.51. The standard InChI is InChI=1S/C15H19N3OS.C11H19N3.C2H6/c1-10-5-7-11(8-6-10)13(19)17-14-16-12(9-20-14)18-15(2,3)4;1-8(12)9(2)14-6-4-5-11(14)7-10(11)13-3;1-2/h5-9,18H,1-4H3,(H,16,17,19);10,12-13H,2,4-7H2,1,3H3;1-2H3/t;10-,11+;/m.1./s1. The molecule has 0 radical (unpaired) electrons. The van der Waals surface area contributed by atoms with Gasteiger partial charge in [-0.1, -0.05) is 38.1 Å². The van der Waals surface area contributed by atoms with Gasteiger partial charge in [0.15, 0.2) is 5.13 Å². The predicted molar refractivity (Wildman–Crippen MR) is 155 cm³/mol. The number of amides is 1. The predicted octanol–water partition coefficient (Wildman–Crippen LogP) is 6.31. The molecule has 1 saturated heterocycles. The minimum Gasteiger partial charge on any atom is -0.365 e. The first-order valence-corrected chi connectivity index (χ1v) is 13.6. The Hall–Kier alpha value is -2.71. The molecule has 1 aliphatic carbocycles. The second-order valence-corrected chi connectivity index (χ2v) is 11.1. The van der Waals surface area contributed by atoms with Crippen LogP contribution >= 0.6 is 11.3 Å². The van der Waals surface area contributed by atoms with Crippen LogP contribution in [0.25, 0.3) is 0 Å². The maximum atomic E-state index is 12.1. The number of likely N-dealkylation sites (tertiary alicyclic amines) is 1. The summed E-state index contributed by atoms with van der Waals surface area (Å²) in [4.78, 5) is 18.8. The quantitative estimate of drug-likeness (QED) is 0.341. The lowest BCUT2D eigenvalue weighted by Gasteiger charge is -2.29. The van der Waals surface area contributed by atoms with Crippen molar-refractivity contribution in [1.82, 2.24) is 15.2 Å². The maximum absolute atomic E-state index is 12.1. The van der Waals surface area contributed by atoms with Gasteiger partial charge in [0, 0.05) is 29.1 Å². The van der Waals surface area contributed by atoms with Gasteiger partial charge in [-0.3, -0.25) is 10.1 Å². The summed E-state index contributed by atoms with van der Waals surface area (Å²) in [7, 11) is 2.02. The molecule has 1 spiro atoms. The highest BCUT2D eigenvalue weighted by molar-refractivity contribution is 7.14. The van der Waals surface area contributed by atoms with Crippen LogP contribution in [0.2, 0.25) is 0 Å². The van der Waals surface area contributed by atoms with E-state index in [1.165, 1.54) is 30.6 Å². The Morgan fingerprint density at radius 3 is 2.42 bits per heavy atom. The minimum absolute atomic E-state index is 0.0493. The minimum atomic E-state index is -0.137. The van der Waals surface area contributed by atoms with Crippen molar-refractivity contribution in [2.75, 3.05) is 24.2 Å². The molecule has 1 amide bonds. The molecule has 198 valence electrons. The number of nitrogens with zero attached hydrogens (tertiary/aromatic N) is 2. The Kier molecular flexibility index (Phi) is 10.3. The molecule has 7 nitrogen and oxygen atoms in total. The van der Waals surface area contributed by atoms with E-state index < -0.39 is 0 Å². The maximum Gasteiger partial charge on any atom is 0.257 e. The first kappa shape index (κ1) is 29.5. The summed E-state index contributed by atoms with van der Waals surface area (Å²) < 4.78 is 0. The number of carbonyl (C=O) groups is 1. The zero-order valence-corrected chi connectivity index (χ0v) is 24.0. The lowest BCUT2D eigenvalue weighted by Crippen LogP contribution is -2.38. The molecule has 2 aliphatic rings. The van der Waals surface area contributed by atoms with Crippen LogP contribution in [0.3, 0.4) is 0 Å². The Morgan fingerprint density at radius 2 is 1.89 bits per heavy atom. The average molecular weight is 513 g/mol.